The van der Waals surface area contributed by atoms with Crippen LogP contribution in [0.2, 0.25) is 0 Å². The standard InChI is InChI=1S/C28H37N5O4/c1-26(2,3)37-25(36)30-22-15-31(16-28(22)17-32(18-28)24(35)21-11-27(21,4)5)23(34)20-12-29-33(14-20)13-19-9-7-6-8-10-19/h6-10,12,14,21-22H,11,13,15-18H2,1-5H3,(H,30,36)/t21-,22?/m1/s1. The summed E-state index contributed by atoms with van der Waals surface area (Å²) in [4.78, 5) is 42.7. The molecule has 9 heteroatoms. The largest absolute Gasteiger partial charge is 0.444 e. The fraction of sp³-hybridized carbons (Fsp3) is 0.571. The maximum Gasteiger partial charge on any atom is 0.407 e. The summed E-state index contributed by atoms with van der Waals surface area (Å²) >= 11 is 0. The summed E-state index contributed by atoms with van der Waals surface area (Å²) in [5.41, 5.74) is 0.658. The third-order valence-electron chi connectivity index (χ3n) is 7.83. The number of ether oxygens (including phenoxy) is 1. The van der Waals surface area contributed by atoms with Crippen LogP contribution in [0, 0.1) is 16.7 Å². The van der Waals surface area contributed by atoms with E-state index in [-0.39, 0.29) is 34.6 Å². The van der Waals surface area contributed by atoms with Gasteiger partial charge in [0, 0.05) is 43.7 Å². The summed E-state index contributed by atoms with van der Waals surface area (Å²) in [6.45, 7) is 12.1. The van der Waals surface area contributed by atoms with E-state index in [0.717, 1.165) is 12.0 Å². The van der Waals surface area contributed by atoms with Gasteiger partial charge in [-0.3, -0.25) is 14.3 Å². The van der Waals surface area contributed by atoms with E-state index in [1.165, 1.54) is 0 Å². The third-order valence-corrected chi connectivity index (χ3v) is 7.83. The Hall–Kier alpha value is -3.36. The first kappa shape index (κ1) is 25.3. The van der Waals surface area contributed by atoms with Crippen molar-refractivity contribution in [2.75, 3.05) is 26.2 Å². The number of aromatic nitrogens is 2. The summed E-state index contributed by atoms with van der Waals surface area (Å²) in [5.74, 6) is 0.121. The quantitative estimate of drug-likeness (QED) is 0.671. The summed E-state index contributed by atoms with van der Waals surface area (Å²) in [6.07, 6.45) is 3.77. The summed E-state index contributed by atoms with van der Waals surface area (Å²) in [6, 6.07) is 9.65. The number of nitrogens with one attached hydrogen (secondary N) is 1. The number of amides is 3. The monoisotopic (exact) mass is 507 g/mol. The Balaban J connectivity index is 1.28. The normalized spacial score (nSPS) is 23.5. The molecule has 2 aromatic rings. The van der Waals surface area contributed by atoms with Crippen molar-refractivity contribution in [3.05, 3.63) is 53.9 Å². The molecule has 9 nitrogen and oxygen atoms in total. The van der Waals surface area contributed by atoms with Crippen molar-refractivity contribution >= 4 is 17.9 Å². The van der Waals surface area contributed by atoms with Crippen LogP contribution in [0.25, 0.3) is 0 Å². The minimum Gasteiger partial charge on any atom is -0.444 e. The molecule has 0 radical (unpaired) electrons. The van der Waals surface area contributed by atoms with Gasteiger partial charge in [-0.15, -0.1) is 0 Å². The zero-order valence-corrected chi connectivity index (χ0v) is 22.4. The average Bonchev–Trinajstić information content (AvgIpc) is 3.12. The number of carbonyl (C=O) groups is 3. The van der Waals surface area contributed by atoms with E-state index in [0.29, 0.717) is 38.3 Å². The van der Waals surface area contributed by atoms with Crippen molar-refractivity contribution in [1.29, 1.82) is 0 Å². The Morgan fingerprint density at radius 1 is 1.08 bits per heavy atom. The Bertz CT molecular complexity index is 1190. The van der Waals surface area contributed by atoms with Gasteiger partial charge in [-0.05, 0) is 38.2 Å². The minimum absolute atomic E-state index is 0.0611. The zero-order chi connectivity index (χ0) is 26.6. The topological polar surface area (TPSA) is 96.8 Å². The van der Waals surface area contributed by atoms with Crippen LogP contribution < -0.4 is 5.32 Å². The van der Waals surface area contributed by atoms with Crippen molar-refractivity contribution in [2.45, 2.75) is 59.2 Å². The van der Waals surface area contributed by atoms with Gasteiger partial charge in [0.2, 0.25) is 5.91 Å². The van der Waals surface area contributed by atoms with Crippen LogP contribution in [-0.2, 0) is 16.1 Å². The van der Waals surface area contributed by atoms with Gasteiger partial charge in [0.25, 0.3) is 5.91 Å². The van der Waals surface area contributed by atoms with Crippen LogP contribution in [0.3, 0.4) is 0 Å². The van der Waals surface area contributed by atoms with Gasteiger partial charge >= 0.3 is 6.09 Å². The summed E-state index contributed by atoms with van der Waals surface area (Å²) < 4.78 is 7.26. The molecule has 3 amide bonds. The maximum absolute atomic E-state index is 13.5. The molecule has 5 rings (SSSR count). The second kappa shape index (κ2) is 8.89. The molecule has 3 fully saturated rings. The van der Waals surface area contributed by atoms with Crippen molar-refractivity contribution < 1.29 is 19.1 Å². The van der Waals surface area contributed by atoms with Gasteiger partial charge in [0.15, 0.2) is 0 Å². The Morgan fingerprint density at radius 3 is 2.35 bits per heavy atom. The van der Waals surface area contributed by atoms with Gasteiger partial charge in [0.05, 0.1) is 24.3 Å². The van der Waals surface area contributed by atoms with Crippen molar-refractivity contribution in [3.63, 3.8) is 0 Å². The SMILES string of the molecule is CC(C)(C)OC(=O)NC1CN(C(=O)c2cnn(Cc3ccccc3)c2)CC12CN(C(=O)[C@H]1CC1(C)C)C2. The van der Waals surface area contributed by atoms with Crippen molar-refractivity contribution in [1.82, 2.24) is 24.9 Å². The van der Waals surface area contributed by atoms with E-state index in [4.69, 9.17) is 4.74 Å². The highest BCUT2D eigenvalue weighted by atomic mass is 16.6. The van der Waals surface area contributed by atoms with Crippen LogP contribution in [0.4, 0.5) is 4.79 Å². The summed E-state index contributed by atoms with van der Waals surface area (Å²) in [5, 5.41) is 7.39. The van der Waals surface area contributed by atoms with Crippen LogP contribution >= 0.6 is 0 Å². The first-order valence-electron chi connectivity index (χ1n) is 13.0. The predicted molar refractivity (Wildman–Crippen MR) is 138 cm³/mol. The molecule has 3 heterocycles. The molecule has 1 unspecified atom stereocenters. The van der Waals surface area contributed by atoms with Gasteiger partial charge < -0.3 is 19.9 Å². The second-order valence-electron chi connectivity index (χ2n) is 12.6. The molecule has 1 aromatic heterocycles. The summed E-state index contributed by atoms with van der Waals surface area (Å²) in [7, 11) is 0. The molecule has 198 valence electrons. The van der Waals surface area contributed by atoms with E-state index in [2.05, 4.69) is 24.3 Å². The lowest BCUT2D eigenvalue weighted by Gasteiger charge is -2.51. The second-order valence-corrected chi connectivity index (χ2v) is 12.6. The van der Waals surface area contributed by atoms with E-state index in [1.807, 2.05) is 56.0 Å². The third kappa shape index (κ3) is 5.22. The lowest BCUT2D eigenvalue weighted by molar-refractivity contribution is -0.145. The number of hydrogen-bond acceptors (Lipinski definition) is 5. The highest BCUT2D eigenvalue weighted by molar-refractivity contribution is 5.94. The molecule has 2 saturated heterocycles. The number of carbonyl (C=O) groups excluding carboxylic acids is 3. The van der Waals surface area contributed by atoms with E-state index >= 15 is 0 Å². The molecule has 1 aliphatic carbocycles. The Kier molecular flexibility index (Phi) is 6.08. The van der Waals surface area contributed by atoms with E-state index in [9.17, 15) is 14.4 Å². The molecule has 37 heavy (non-hydrogen) atoms. The number of likely N-dealkylation sites (tertiary alicyclic amines) is 2. The highest BCUT2D eigenvalue weighted by Gasteiger charge is 2.60. The van der Waals surface area contributed by atoms with Gasteiger partial charge in [-0.1, -0.05) is 44.2 Å². The van der Waals surface area contributed by atoms with Crippen LogP contribution in [0.15, 0.2) is 42.7 Å². The molecule has 1 spiro atoms. The minimum atomic E-state index is -0.627. The lowest BCUT2D eigenvalue weighted by atomic mass is 9.75. The first-order chi connectivity index (χ1) is 17.4. The zero-order valence-electron chi connectivity index (χ0n) is 22.4. The van der Waals surface area contributed by atoms with Gasteiger partial charge in [-0.25, -0.2) is 4.79 Å². The number of benzene rings is 1. The Morgan fingerprint density at radius 2 is 1.73 bits per heavy atom. The molecule has 3 aliphatic rings. The highest BCUT2D eigenvalue weighted by Crippen LogP contribution is 2.54. The van der Waals surface area contributed by atoms with Crippen LogP contribution in [-0.4, -0.2) is 75.3 Å². The fourth-order valence-corrected chi connectivity index (χ4v) is 5.58. The maximum atomic E-state index is 13.5. The Labute approximate surface area is 218 Å². The van der Waals surface area contributed by atoms with Crippen LogP contribution in [0.1, 0.15) is 57.0 Å². The molecular formula is C28H37N5O4. The molecule has 2 atom stereocenters. The molecule has 2 aliphatic heterocycles. The molecule has 0 bridgehead atoms. The van der Waals surface area contributed by atoms with Gasteiger partial charge in [-0.2, -0.15) is 5.10 Å². The van der Waals surface area contributed by atoms with Gasteiger partial charge in [0.1, 0.15) is 5.60 Å². The van der Waals surface area contributed by atoms with Crippen molar-refractivity contribution in [3.8, 4) is 0 Å². The van der Waals surface area contributed by atoms with E-state index in [1.54, 1.807) is 22.0 Å². The number of rotatable bonds is 5. The molecule has 1 N–H and O–H groups in total. The first-order valence-corrected chi connectivity index (χ1v) is 13.0. The molecule has 1 saturated carbocycles. The predicted octanol–water partition coefficient (Wildman–Crippen LogP) is 3.16. The number of hydrogen-bond donors (Lipinski definition) is 1. The fourth-order valence-electron chi connectivity index (χ4n) is 5.58. The number of alkyl carbamates (subject to hydrolysis) is 1. The molecule has 1 aromatic carbocycles. The van der Waals surface area contributed by atoms with Crippen molar-refractivity contribution in [2.24, 2.45) is 16.7 Å². The molecular weight excluding hydrogens is 470 g/mol. The lowest BCUT2D eigenvalue weighted by Crippen LogP contribution is -2.67. The van der Waals surface area contributed by atoms with Crippen LogP contribution in [0.5, 0.6) is 0 Å². The smallest absolute Gasteiger partial charge is 0.407 e. The van der Waals surface area contributed by atoms with E-state index < -0.39 is 11.7 Å². The average molecular weight is 508 g/mol. The number of nitrogens with zero attached hydrogens (tertiary/aromatic N) is 4.